The Morgan fingerprint density at radius 1 is 1.00 bits per heavy atom. The highest BCUT2D eigenvalue weighted by atomic mass is 35.5. The van der Waals surface area contributed by atoms with Crippen molar-refractivity contribution in [3.05, 3.63) is 70.9 Å². The molecule has 6 heteroatoms. The molecule has 2 aromatic carbocycles. The van der Waals surface area contributed by atoms with Crippen LogP contribution in [0.15, 0.2) is 48.5 Å². The van der Waals surface area contributed by atoms with E-state index in [0.29, 0.717) is 6.29 Å². The molecule has 0 spiro atoms. The van der Waals surface area contributed by atoms with Crippen molar-refractivity contribution in [2.45, 2.75) is 0 Å². The van der Waals surface area contributed by atoms with Crippen LogP contribution in [0.5, 0.6) is 0 Å². The van der Waals surface area contributed by atoms with Crippen LogP contribution < -0.4 is 0 Å². The van der Waals surface area contributed by atoms with Crippen LogP contribution in [0.1, 0.15) is 10.4 Å². The Bertz CT molecular complexity index is 861. The highest BCUT2D eigenvalue weighted by molar-refractivity contribution is 6.32. The van der Waals surface area contributed by atoms with Crippen molar-refractivity contribution in [2.75, 3.05) is 0 Å². The van der Waals surface area contributed by atoms with Crippen LogP contribution in [0, 0.1) is 11.6 Å². The molecule has 0 aliphatic carbocycles. The van der Waals surface area contributed by atoms with E-state index < -0.39 is 11.6 Å². The summed E-state index contributed by atoms with van der Waals surface area (Å²) >= 11 is 6.12. The Morgan fingerprint density at radius 2 is 1.64 bits per heavy atom. The Labute approximate surface area is 129 Å². The van der Waals surface area contributed by atoms with E-state index in [0.717, 1.165) is 4.68 Å². The number of benzene rings is 2. The summed E-state index contributed by atoms with van der Waals surface area (Å²) in [5.74, 6) is -1.09. The molecular weight excluding hydrogens is 310 g/mol. The molecule has 0 aliphatic rings. The molecule has 0 unspecified atom stereocenters. The fraction of sp³-hybridized carbons (Fsp3) is 0. The van der Waals surface area contributed by atoms with Gasteiger partial charge < -0.3 is 0 Å². The van der Waals surface area contributed by atoms with Crippen LogP contribution in [-0.2, 0) is 0 Å². The second kappa shape index (κ2) is 5.69. The first-order valence-electron chi connectivity index (χ1n) is 6.37. The van der Waals surface area contributed by atoms with Crippen molar-refractivity contribution in [1.29, 1.82) is 0 Å². The van der Waals surface area contributed by atoms with E-state index in [1.807, 2.05) is 0 Å². The van der Waals surface area contributed by atoms with E-state index in [1.54, 1.807) is 12.1 Å². The van der Waals surface area contributed by atoms with Crippen LogP contribution in [0.3, 0.4) is 0 Å². The van der Waals surface area contributed by atoms with Crippen LogP contribution >= 0.6 is 11.6 Å². The van der Waals surface area contributed by atoms with E-state index in [1.165, 1.54) is 36.4 Å². The SMILES string of the molecule is O=Cc1c(-c2ccccc2F)nn(-c2ccccc2F)c1Cl. The second-order valence-corrected chi connectivity index (χ2v) is 4.87. The van der Waals surface area contributed by atoms with E-state index in [2.05, 4.69) is 5.10 Å². The molecule has 3 rings (SSSR count). The summed E-state index contributed by atoms with van der Waals surface area (Å²) in [5, 5.41) is 4.05. The monoisotopic (exact) mass is 318 g/mol. The van der Waals surface area contributed by atoms with E-state index in [4.69, 9.17) is 11.6 Å². The van der Waals surface area contributed by atoms with Crippen molar-refractivity contribution < 1.29 is 13.6 Å². The van der Waals surface area contributed by atoms with Crippen molar-refractivity contribution in [2.24, 2.45) is 0 Å². The zero-order valence-corrected chi connectivity index (χ0v) is 11.9. The minimum atomic E-state index is -0.551. The molecule has 22 heavy (non-hydrogen) atoms. The van der Waals surface area contributed by atoms with Gasteiger partial charge in [-0.3, -0.25) is 4.79 Å². The number of aldehydes is 1. The van der Waals surface area contributed by atoms with Gasteiger partial charge in [-0.1, -0.05) is 35.9 Å². The zero-order valence-electron chi connectivity index (χ0n) is 11.1. The molecule has 0 saturated heterocycles. The maximum atomic E-state index is 13.9. The van der Waals surface area contributed by atoms with Crippen LogP contribution in [0.4, 0.5) is 8.78 Å². The number of para-hydroxylation sites is 1. The summed E-state index contributed by atoms with van der Waals surface area (Å²) in [6, 6.07) is 11.7. The third-order valence-corrected chi connectivity index (χ3v) is 3.55. The van der Waals surface area contributed by atoms with Gasteiger partial charge >= 0.3 is 0 Å². The number of hydrogen-bond donors (Lipinski definition) is 0. The first-order chi connectivity index (χ1) is 10.6. The van der Waals surface area contributed by atoms with Crippen molar-refractivity contribution in [3.8, 4) is 16.9 Å². The van der Waals surface area contributed by atoms with Gasteiger partial charge in [0.05, 0.1) is 5.56 Å². The predicted molar refractivity (Wildman–Crippen MR) is 79.3 cm³/mol. The van der Waals surface area contributed by atoms with Gasteiger partial charge in [-0.2, -0.15) is 5.10 Å². The van der Waals surface area contributed by atoms with Gasteiger partial charge in [0.1, 0.15) is 28.2 Å². The molecule has 0 aliphatic heterocycles. The summed E-state index contributed by atoms with van der Waals surface area (Å²) in [4.78, 5) is 11.3. The summed E-state index contributed by atoms with van der Waals surface area (Å²) in [5.41, 5.74) is 0.288. The van der Waals surface area contributed by atoms with Gasteiger partial charge in [-0.05, 0) is 24.3 Å². The quantitative estimate of drug-likeness (QED) is 0.675. The van der Waals surface area contributed by atoms with Crippen LogP contribution in [-0.4, -0.2) is 16.1 Å². The number of rotatable bonds is 3. The summed E-state index contributed by atoms with van der Waals surface area (Å²) in [6.45, 7) is 0. The predicted octanol–water partition coefficient (Wildman–Crippen LogP) is 4.28. The van der Waals surface area contributed by atoms with Gasteiger partial charge in [-0.15, -0.1) is 0 Å². The Hall–Kier alpha value is -2.53. The maximum absolute atomic E-state index is 13.9. The number of hydrogen-bond acceptors (Lipinski definition) is 2. The molecule has 0 saturated carbocycles. The number of aromatic nitrogens is 2. The van der Waals surface area contributed by atoms with Crippen molar-refractivity contribution in [1.82, 2.24) is 9.78 Å². The summed E-state index contributed by atoms with van der Waals surface area (Å²) in [6.07, 6.45) is 0.481. The van der Waals surface area contributed by atoms with E-state index in [9.17, 15) is 13.6 Å². The van der Waals surface area contributed by atoms with Crippen molar-refractivity contribution >= 4 is 17.9 Å². The lowest BCUT2D eigenvalue weighted by Crippen LogP contribution is -2.00. The van der Waals surface area contributed by atoms with Crippen LogP contribution in [0.2, 0.25) is 5.15 Å². The number of carbonyl (C=O) groups is 1. The molecule has 0 atom stereocenters. The van der Waals surface area contributed by atoms with Gasteiger partial charge in [0.2, 0.25) is 0 Å². The number of carbonyl (C=O) groups excluding carboxylic acids is 1. The molecule has 3 nitrogen and oxygen atoms in total. The molecule has 0 amide bonds. The highest BCUT2D eigenvalue weighted by Crippen LogP contribution is 2.31. The minimum Gasteiger partial charge on any atom is -0.298 e. The summed E-state index contributed by atoms with van der Waals surface area (Å²) < 4.78 is 28.9. The number of nitrogens with zero attached hydrogens (tertiary/aromatic N) is 2. The second-order valence-electron chi connectivity index (χ2n) is 4.51. The normalized spacial score (nSPS) is 10.7. The fourth-order valence-electron chi connectivity index (χ4n) is 2.15. The fourth-order valence-corrected chi connectivity index (χ4v) is 2.41. The highest BCUT2D eigenvalue weighted by Gasteiger charge is 2.21. The topological polar surface area (TPSA) is 34.9 Å². The first kappa shape index (κ1) is 14.4. The number of halogens is 3. The zero-order chi connectivity index (χ0) is 15.7. The lowest BCUT2D eigenvalue weighted by atomic mass is 10.1. The average Bonchev–Trinajstić information content (AvgIpc) is 2.85. The maximum Gasteiger partial charge on any atom is 0.155 e. The molecule has 1 aromatic heterocycles. The average molecular weight is 319 g/mol. The van der Waals surface area contributed by atoms with E-state index in [-0.39, 0.29) is 27.7 Å². The molecule has 1 heterocycles. The Balaban J connectivity index is 2.27. The minimum absolute atomic E-state index is 0.00928. The van der Waals surface area contributed by atoms with E-state index >= 15 is 0 Å². The Kier molecular flexibility index (Phi) is 3.73. The summed E-state index contributed by atoms with van der Waals surface area (Å²) in [7, 11) is 0. The lowest BCUT2D eigenvalue weighted by Gasteiger charge is -2.03. The van der Waals surface area contributed by atoms with Gasteiger partial charge in [0.15, 0.2) is 6.29 Å². The first-order valence-corrected chi connectivity index (χ1v) is 6.74. The molecule has 0 bridgehead atoms. The smallest absolute Gasteiger partial charge is 0.155 e. The molecule has 3 aromatic rings. The lowest BCUT2D eigenvalue weighted by molar-refractivity contribution is 0.112. The standard InChI is InChI=1S/C16H9ClF2N2O/c17-16-11(9-22)15(10-5-1-2-6-12(10)18)20-21(16)14-8-4-3-7-13(14)19/h1-9H. The molecule has 0 N–H and O–H groups in total. The molecule has 0 fully saturated rings. The third kappa shape index (κ3) is 2.29. The molecular formula is C16H9ClF2N2O. The molecule has 110 valence electrons. The van der Waals surface area contributed by atoms with Gasteiger partial charge in [0, 0.05) is 5.56 Å². The third-order valence-electron chi connectivity index (χ3n) is 3.19. The van der Waals surface area contributed by atoms with Crippen molar-refractivity contribution in [3.63, 3.8) is 0 Å². The van der Waals surface area contributed by atoms with Gasteiger partial charge in [-0.25, -0.2) is 13.5 Å². The Morgan fingerprint density at radius 3 is 2.27 bits per heavy atom. The largest absolute Gasteiger partial charge is 0.298 e. The molecule has 0 radical (unpaired) electrons. The van der Waals surface area contributed by atoms with Gasteiger partial charge in [0.25, 0.3) is 0 Å². The van der Waals surface area contributed by atoms with Crippen LogP contribution in [0.25, 0.3) is 16.9 Å².